The van der Waals surface area contributed by atoms with Crippen LogP contribution in [0.25, 0.3) is 5.69 Å². The number of hydrogen-bond donors (Lipinski definition) is 0. The van der Waals surface area contributed by atoms with Gasteiger partial charge in [-0.05, 0) is 23.8 Å². The lowest BCUT2D eigenvalue weighted by Gasteiger charge is -2.07. The first-order chi connectivity index (χ1) is 10.3. The van der Waals surface area contributed by atoms with Crippen molar-refractivity contribution in [3.63, 3.8) is 0 Å². The molecule has 0 aliphatic rings. The molecular weight excluding hydrogens is 284 g/mol. The molecule has 3 aromatic rings. The van der Waals surface area contributed by atoms with E-state index in [1.165, 1.54) is 0 Å². The second-order valence-electron chi connectivity index (χ2n) is 4.55. The fraction of sp³-hybridized carbons (Fsp3) is 0.0625. The lowest BCUT2D eigenvalue weighted by Crippen LogP contribution is -2.04. The first kappa shape index (κ1) is 13.3. The van der Waals surface area contributed by atoms with Gasteiger partial charge in [0.15, 0.2) is 5.69 Å². The van der Waals surface area contributed by atoms with E-state index >= 15 is 0 Å². The minimum atomic E-state index is 0.332. The van der Waals surface area contributed by atoms with Gasteiger partial charge in [-0.1, -0.05) is 53.2 Å². The molecule has 0 spiro atoms. The van der Waals surface area contributed by atoms with E-state index in [1.807, 2.05) is 42.5 Å². The zero-order chi connectivity index (χ0) is 14.7. The topological polar surface area (TPSA) is 54.5 Å². The van der Waals surface area contributed by atoms with E-state index in [2.05, 4.69) is 16.4 Å². The Labute approximate surface area is 127 Å². The second-order valence-corrected chi connectivity index (χ2v) is 4.99. The summed E-state index contributed by atoms with van der Waals surface area (Å²) in [5.41, 5.74) is 2.98. The number of benzene rings is 2. The monoisotopic (exact) mass is 294 g/mol. The Morgan fingerprint density at radius 1 is 1.10 bits per heavy atom. The molecule has 0 bridgehead atoms. The molecule has 4 nitrogen and oxygen atoms in total. The molecule has 0 saturated heterocycles. The third-order valence-corrected chi connectivity index (χ3v) is 3.37. The highest BCUT2D eigenvalue weighted by Gasteiger charge is 2.14. The fourth-order valence-corrected chi connectivity index (χ4v) is 2.34. The van der Waals surface area contributed by atoms with Crippen molar-refractivity contribution in [2.24, 2.45) is 0 Å². The molecule has 2 aromatic carbocycles. The van der Waals surface area contributed by atoms with Crippen molar-refractivity contribution in [2.75, 3.05) is 0 Å². The molecule has 1 heterocycles. The van der Waals surface area contributed by atoms with Crippen LogP contribution in [0, 0.1) is 11.3 Å². The maximum absolute atomic E-state index is 9.22. The molecule has 0 amide bonds. The Bertz CT molecular complexity index is 803. The summed E-state index contributed by atoms with van der Waals surface area (Å²) < 4.78 is 1.66. The normalized spacial score (nSPS) is 10.3. The molecule has 3 rings (SSSR count). The maximum Gasteiger partial charge on any atom is 0.186 e. The molecule has 0 atom stereocenters. The van der Waals surface area contributed by atoms with E-state index in [9.17, 15) is 5.26 Å². The van der Waals surface area contributed by atoms with E-state index in [0.717, 1.165) is 16.9 Å². The van der Waals surface area contributed by atoms with E-state index in [0.29, 0.717) is 17.1 Å². The summed E-state index contributed by atoms with van der Waals surface area (Å²) in [6, 6.07) is 19.3. The van der Waals surface area contributed by atoms with Gasteiger partial charge in [0.05, 0.1) is 11.4 Å². The fourth-order valence-electron chi connectivity index (χ4n) is 2.15. The largest absolute Gasteiger partial charge is 0.216 e. The molecule has 0 aliphatic heterocycles. The Morgan fingerprint density at radius 3 is 2.62 bits per heavy atom. The average molecular weight is 295 g/mol. The summed E-state index contributed by atoms with van der Waals surface area (Å²) in [6.45, 7) is 0. The molecule has 0 fully saturated rings. The van der Waals surface area contributed by atoms with Gasteiger partial charge in [-0.15, -0.1) is 5.10 Å². The molecule has 0 N–H and O–H groups in total. The van der Waals surface area contributed by atoms with Crippen LogP contribution in [0.15, 0.2) is 54.6 Å². The average Bonchev–Trinajstić information content (AvgIpc) is 2.91. The van der Waals surface area contributed by atoms with Crippen molar-refractivity contribution < 1.29 is 0 Å². The van der Waals surface area contributed by atoms with Gasteiger partial charge in [-0.3, -0.25) is 0 Å². The Hall–Kier alpha value is -2.64. The number of halogens is 1. The van der Waals surface area contributed by atoms with E-state index in [4.69, 9.17) is 11.6 Å². The van der Waals surface area contributed by atoms with Crippen LogP contribution in [0.3, 0.4) is 0 Å². The third-order valence-electron chi connectivity index (χ3n) is 3.14. The van der Waals surface area contributed by atoms with Gasteiger partial charge in [-0.25, -0.2) is 4.68 Å². The van der Waals surface area contributed by atoms with E-state index < -0.39 is 0 Å². The van der Waals surface area contributed by atoms with Gasteiger partial charge >= 0.3 is 0 Å². The molecule has 0 aliphatic carbocycles. The zero-order valence-corrected chi connectivity index (χ0v) is 11.8. The molecule has 102 valence electrons. The highest BCUT2D eigenvalue weighted by molar-refractivity contribution is 6.30. The summed E-state index contributed by atoms with van der Waals surface area (Å²) in [5.74, 6) is 0. The summed E-state index contributed by atoms with van der Waals surface area (Å²) in [7, 11) is 0. The first-order valence-corrected chi connectivity index (χ1v) is 6.80. The Balaban J connectivity index is 2.07. The third kappa shape index (κ3) is 2.78. The predicted molar refractivity (Wildman–Crippen MR) is 80.3 cm³/mol. The Morgan fingerprint density at radius 2 is 1.90 bits per heavy atom. The van der Waals surface area contributed by atoms with Gasteiger partial charge in [0.25, 0.3) is 0 Å². The molecule has 0 saturated carbocycles. The molecule has 5 heteroatoms. The van der Waals surface area contributed by atoms with Crippen LogP contribution in [0.1, 0.15) is 17.0 Å². The lowest BCUT2D eigenvalue weighted by molar-refractivity contribution is 0.772. The number of hydrogen-bond acceptors (Lipinski definition) is 3. The molecular formula is C16H11ClN4. The zero-order valence-electron chi connectivity index (χ0n) is 11.1. The van der Waals surface area contributed by atoms with Gasteiger partial charge < -0.3 is 0 Å². The van der Waals surface area contributed by atoms with Crippen LogP contribution in [0.4, 0.5) is 0 Å². The van der Waals surface area contributed by atoms with Gasteiger partial charge in [0.2, 0.25) is 0 Å². The SMILES string of the molecule is N#Cc1nnn(-c2cccc(Cl)c2)c1Cc1ccccc1. The first-order valence-electron chi connectivity index (χ1n) is 6.42. The van der Waals surface area contributed by atoms with Crippen molar-refractivity contribution in [1.29, 1.82) is 5.26 Å². The highest BCUT2D eigenvalue weighted by atomic mass is 35.5. The minimum Gasteiger partial charge on any atom is -0.216 e. The summed E-state index contributed by atoms with van der Waals surface area (Å²) in [5, 5.41) is 17.9. The standard InChI is InChI=1S/C16H11ClN4/c17-13-7-4-8-14(10-13)21-16(15(11-18)19-20-21)9-12-5-2-1-3-6-12/h1-8,10H,9H2. The molecule has 0 radical (unpaired) electrons. The van der Waals surface area contributed by atoms with Crippen LogP contribution >= 0.6 is 11.6 Å². The van der Waals surface area contributed by atoms with Crippen LogP contribution in [-0.2, 0) is 6.42 Å². The molecule has 21 heavy (non-hydrogen) atoms. The van der Waals surface area contributed by atoms with Crippen molar-refractivity contribution in [2.45, 2.75) is 6.42 Å². The van der Waals surface area contributed by atoms with Crippen LogP contribution < -0.4 is 0 Å². The van der Waals surface area contributed by atoms with Crippen molar-refractivity contribution >= 4 is 11.6 Å². The quantitative estimate of drug-likeness (QED) is 0.744. The van der Waals surface area contributed by atoms with Gasteiger partial charge in [-0.2, -0.15) is 5.26 Å². The predicted octanol–water partition coefficient (Wildman–Crippen LogP) is 3.38. The number of nitrogens with zero attached hydrogens (tertiary/aromatic N) is 4. The molecule has 0 unspecified atom stereocenters. The van der Waals surface area contributed by atoms with Crippen molar-refractivity contribution in [1.82, 2.24) is 15.0 Å². The van der Waals surface area contributed by atoms with E-state index in [1.54, 1.807) is 16.8 Å². The maximum atomic E-state index is 9.22. The van der Waals surface area contributed by atoms with Crippen molar-refractivity contribution in [3.05, 3.63) is 76.6 Å². The number of aromatic nitrogens is 3. The van der Waals surface area contributed by atoms with Crippen LogP contribution in [0.2, 0.25) is 5.02 Å². The lowest BCUT2D eigenvalue weighted by atomic mass is 10.1. The summed E-state index contributed by atoms with van der Waals surface area (Å²) in [6.07, 6.45) is 0.587. The van der Waals surface area contributed by atoms with Gasteiger partial charge in [0.1, 0.15) is 6.07 Å². The van der Waals surface area contributed by atoms with Gasteiger partial charge in [0, 0.05) is 11.4 Å². The molecule has 1 aromatic heterocycles. The van der Waals surface area contributed by atoms with Crippen LogP contribution in [-0.4, -0.2) is 15.0 Å². The minimum absolute atomic E-state index is 0.332. The smallest absolute Gasteiger partial charge is 0.186 e. The summed E-state index contributed by atoms with van der Waals surface area (Å²) >= 11 is 6.02. The highest BCUT2D eigenvalue weighted by Crippen LogP contribution is 2.19. The number of nitriles is 1. The number of rotatable bonds is 3. The van der Waals surface area contributed by atoms with Crippen LogP contribution in [0.5, 0.6) is 0 Å². The van der Waals surface area contributed by atoms with Crippen molar-refractivity contribution in [3.8, 4) is 11.8 Å². The second kappa shape index (κ2) is 5.78. The Kier molecular flexibility index (Phi) is 3.67. The van der Waals surface area contributed by atoms with E-state index in [-0.39, 0.29) is 0 Å². The summed E-state index contributed by atoms with van der Waals surface area (Å²) in [4.78, 5) is 0.